The summed E-state index contributed by atoms with van der Waals surface area (Å²) in [5.41, 5.74) is 8.94. The van der Waals surface area contributed by atoms with E-state index in [1.807, 2.05) is 41.8 Å². The van der Waals surface area contributed by atoms with E-state index in [0.29, 0.717) is 23.2 Å². The summed E-state index contributed by atoms with van der Waals surface area (Å²) >= 11 is 0. The van der Waals surface area contributed by atoms with E-state index < -0.39 is 9.84 Å². The summed E-state index contributed by atoms with van der Waals surface area (Å²) in [5.74, 6) is 1.79. The van der Waals surface area contributed by atoms with Gasteiger partial charge in [-0.05, 0) is 36.4 Å². The van der Waals surface area contributed by atoms with Gasteiger partial charge in [0.25, 0.3) is 0 Å². The molecular formula is C22H25N7O3S. The van der Waals surface area contributed by atoms with Crippen molar-refractivity contribution in [3.8, 4) is 5.75 Å². The van der Waals surface area contributed by atoms with Crippen molar-refractivity contribution in [2.75, 3.05) is 35.9 Å². The number of methoxy groups -OCH3 is 1. The van der Waals surface area contributed by atoms with E-state index >= 15 is 0 Å². The highest BCUT2D eigenvalue weighted by molar-refractivity contribution is 7.91. The second-order valence-corrected chi connectivity index (χ2v) is 9.64. The predicted molar refractivity (Wildman–Crippen MR) is 129 cm³/mol. The predicted octanol–water partition coefficient (Wildman–Crippen LogP) is 3.26. The summed E-state index contributed by atoms with van der Waals surface area (Å²) in [5, 5.41) is 3.08. The van der Waals surface area contributed by atoms with Crippen LogP contribution in [0.1, 0.15) is 6.92 Å². The number of sulfone groups is 1. The van der Waals surface area contributed by atoms with Crippen molar-refractivity contribution < 1.29 is 13.2 Å². The number of aromatic nitrogens is 4. The monoisotopic (exact) mass is 467 g/mol. The maximum Gasteiger partial charge on any atom is 0.229 e. The van der Waals surface area contributed by atoms with Crippen LogP contribution in [0.15, 0.2) is 53.6 Å². The number of nitrogens with two attached hydrogens (primary N) is 1. The Labute approximate surface area is 192 Å². The van der Waals surface area contributed by atoms with Gasteiger partial charge in [-0.1, -0.05) is 13.0 Å². The maximum absolute atomic E-state index is 12.3. The normalized spacial score (nSPS) is 11.5. The van der Waals surface area contributed by atoms with Crippen molar-refractivity contribution in [2.24, 2.45) is 7.05 Å². The van der Waals surface area contributed by atoms with E-state index in [-0.39, 0.29) is 16.6 Å². The summed E-state index contributed by atoms with van der Waals surface area (Å²) in [4.78, 5) is 15.4. The Morgan fingerprint density at radius 3 is 2.70 bits per heavy atom. The smallest absolute Gasteiger partial charge is 0.229 e. The maximum atomic E-state index is 12.3. The minimum Gasteiger partial charge on any atom is -0.495 e. The molecule has 2 aromatic carbocycles. The lowest BCUT2D eigenvalue weighted by atomic mass is 10.2. The molecule has 3 N–H and O–H groups in total. The number of hydrogen-bond acceptors (Lipinski definition) is 9. The minimum atomic E-state index is -3.38. The average molecular weight is 468 g/mol. The Bertz CT molecular complexity index is 1430. The van der Waals surface area contributed by atoms with E-state index in [2.05, 4.69) is 20.3 Å². The van der Waals surface area contributed by atoms with Gasteiger partial charge < -0.3 is 25.3 Å². The summed E-state index contributed by atoms with van der Waals surface area (Å²) < 4.78 is 31.8. The molecule has 0 aliphatic carbocycles. The van der Waals surface area contributed by atoms with Crippen LogP contribution in [-0.2, 0) is 16.9 Å². The van der Waals surface area contributed by atoms with E-state index in [9.17, 15) is 8.42 Å². The first-order valence-electron chi connectivity index (χ1n) is 10.2. The first-order chi connectivity index (χ1) is 15.7. The number of anilines is 5. The van der Waals surface area contributed by atoms with Crippen molar-refractivity contribution in [1.29, 1.82) is 0 Å². The van der Waals surface area contributed by atoms with Gasteiger partial charge in [0.05, 0.1) is 34.6 Å². The van der Waals surface area contributed by atoms with Crippen LogP contribution >= 0.6 is 0 Å². The van der Waals surface area contributed by atoms with Gasteiger partial charge in [-0.2, -0.15) is 4.98 Å². The van der Waals surface area contributed by atoms with Crippen molar-refractivity contribution in [3.05, 3.63) is 48.7 Å². The first kappa shape index (κ1) is 22.3. The minimum absolute atomic E-state index is 0.000863. The number of nitrogens with zero attached hydrogens (tertiary/aromatic N) is 5. The highest BCUT2D eigenvalue weighted by Gasteiger charge is 2.17. The molecule has 0 unspecified atom stereocenters. The average Bonchev–Trinajstić information content (AvgIpc) is 3.12. The number of nitrogens with one attached hydrogen (secondary N) is 1. The lowest BCUT2D eigenvalue weighted by molar-refractivity contribution is 0.416. The molecule has 33 heavy (non-hydrogen) atoms. The molecule has 0 spiro atoms. The molecule has 0 saturated carbocycles. The molecule has 0 radical (unpaired) electrons. The summed E-state index contributed by atoms with van der Waals surface area (Å²) in [6, 6.07) is 12.2. The van der Waals surface area contributed by atoms with Crippen LogP contribution in [0.25, 0.3) is 11.0 Å². The number of rotatable bonds is 7. The molecule has 4 aromatic rings. The van der Waals surface area contributed by atoms with Crippen molar-refractivity contribution >= 4 is 50.0 Å². The molecule has 11 heteroatoms. The molecule has 2 aromatic heterocycles. The first-order valence-corrected chi connectivity index (χ1v) is 11.9. The fourth-order valence-corrected chi connectivity index (χ4v) is 4.38. The highest BCUT2D eigenvalue weighted by Crippen LogP contribution is 2.32. The third-order valence-corrected chi connectivity index (χ3v) is 7.16. The zero-order valence-corrected chi connectivity index (χ0v) is 19.6. The fraction of sp³-hybridized carbons (Fsp3) is 0.227. The lowest BCUT2D eigenvalue weighted by Crippen LogP contribution is -2.13. The molecule has 0 atom stereocenters. The van der Waals surface area contributed by atoms with Gasteiger partial charge in [0.2, 0.25) is 11.9 Å². The molecule has 2 heterocycles. The number of nitrogen functional groups attached to an aromatic ring is 1. The van der Waals surface area contributed by atoms with E-state index in [4.69, 9.17) is 10.5 Å². The quantitative estimate of drug-likeness (QED) is 0.421. The van der Waals surface area contributed by atoms with Crippen LogP contribution in [0.5, 0.6) is 5.75 Å². The van der Waals surface area contributed by atoms with Crippen LogP contribution in [-0.4, -0.2) is 47.8 Å². The van der Waals surface area contributed by atoms with Crippen LogP contribution in [0.2, 0.25) is 0 Å². The molecule has 0 bridgehead atoms. The Morgan fingerprint density at radius 1 is 1.18 bits per heavy atom. The van der Waals surface area contributed by atoms with E-state index in [1.165, 1.54) is 19.2 Å². The Hall–Kier alpha value is -3.86. The van der Waals surface area contributed by atoms with Gasteiger partial charge >= 0.3 is 0 Å². The van der Waals surface area contributed by atoms with Crippen molar-refractivity contribution in [1.82, 2.24) is 19.5 Å². The van der Waals surface area contributed by atoms with Crippen molar-refractivity contribution in [2.45, 2.75) is 11.8 Å². The molecule has 172 valence electrons. The van der Waals surface area contributed by atoms with Gasteiger partial charge in [0.1, 0.15) is 17.1 Å². The summed E-state index contributed by atoms with van der Waals surface area (Å²) in [6.07, 6.45) is 1.62. The Morgan fingerprint density at radius 2 is 1.97 bits per heavy atom. The molecule has 0 aliphatic rings. The van der Waals surface area contributed by atoms with Gasteiger partial charge in [-0.15, -0.1) is 0 Å². The van der Waals surface area contributed by atoms with Gasteiger partial charge in [0, 0.05) is 20.3 Å². The topological polar surface area (TPSA) is 128 Å². The lowest BCUT2D eigenvalue weighted by Gasteiger charge is -2.19. The Kier molecular flexibility index (Phi) is 5.81. The van der Waals surface area contributed by atoms with Crippen LogP contribution < -0.4 is 20.7 Å². The van der Waals surface area contributed by atoms with Crippen LogP contribution in [0.3, 0.4) is 0 Å². The van der Waals surface area contributed by atoms with Crippen molar-refractivity contribution in [3.63, 3.8) is 0 Å². The number of para-hydroxylation sites is 1. The molecule has 4 rings (SSSR count). The van der Waals surface area contributed by atoms with Gasteiger partial charge in [-0.25, -0.2) is 18.4 Å². The zero-order chi connectivity index (χ0) is 23.8. The molecule has 0 aliphatic heterocycles. The number of ether oxygens (including phenoxy) is 1. The third-order valence-electron chi connectivity index (χ3n) is 5.43. The molecule has 0 amide bonds. The SMILES string of the molecule is CCS(=O)(=O)c1ccc(OC)c(Nc2nccc(N(C)c3cccc4c3nc(N)n4C)n2)c1. The molecule has 10 nitrogen and oxygen atoms in total. The number of fused-ring (bicyclic) bond motifs is 1. The van der Waals surface area contributed by atoms with Gasteiger partial charge in [-0.3, -0.25) is 0 Å². The third kappa shape index (κ3) is 4.14. The second-order valence-electron chi connectivity index (χ2n) is 7.36. The number of hydrogen-bond donors (Lipinski definition) is 2. The molecule has 0 saturated heterocycles. The number of aryl methyl sites for hydroxylation is 1. The summed E-state index contributed by atoms with van der Waals surface area (Å²) in [6.45, 7) is 1.60. The molecule has 0 fully saturated rings. The summed E-state index contributed by atoms with van der Waals surface area (Å²) in [7, 11) is 1.87. The number of benzene rings is 2. The van der Waals surface area contributed by atoms with Crippen LogP contribution in [0, 0.1) is 0 Å². The Balaban J connectivity index is 1.70. The van der Waals surface area contributed by atoms with Crippen LogP contribution in [0.4, 0.5) is 29.1 Å². The molecular weight excluding hydrogens is 442 g/mol. The zero-order valence-electron chi connectivity index (χ0n) is 18.8. The second kappa shape index (κ2) is 8.58. The fourth-order valence-electron chi connectivity index (χ4n) is 3.47. The largest absolute Gasteiger partial charge is 0.495 e. The number of imidazole rings is 1. The van der Waals surface area contributed by atoms with E-state index in [0.717, 1.165) is 16.7 Å². The van der Waals surface area contributed by atoms with Gasteiger partial charge in [0.15, 0.2) is 9.84 Å². The standard InChI is InChI=1S/C22H25N7O3S/c1-5-33(30,31)14-9-10-18(32-4)15(13-14)25-22-24-12-11-19(26-22)28(2)16-7-6-8-17-20(16)27-21(23)29(17)3/h6-13H,5H2,1-4H3,(H2,23,27)(H,24,25,26). The van der Waals surface area contributed by atoms with E-state index in [1.54, 1.807) is 25.3 Å². The highest BCUT2D eigenvalue weighted by atomic mass is 32.2.